The number of allylic oxidation sites excluding steroid dienone is 6. The summed E-state index contributed by atoms with van der Waals surface area (Å²) in [4.78, 5) is 57.3. The van der Waals surface area contributed by atoms with Crippen LogP contribution in [-0.4, -0.2) is 72.8 Å². The fourth-order valence-corrected chi connectivity index (χ4v) is 6.11. The molecule has 2 aromatic heterocycles. The van der Waals surface area contributed by atoms with E-state index in [2.05, 4.69) is 15.0 Å². The third-order valence-corrected chi connectivity index (χ3v) is 8.17. The molecule has 0 unspecified atom stereocenters. The molecule has 5 rings (SSSR count). The number of fused-ring (bicyclic) bond motifs is 1. The van der Waals surface area contributed by atoms with Gasteiger partial charge in [0.1, 0.15) is 23.4 Å². The quantitative estimate of drug-likeness (QED) is 0.426. The highest BCUT2D eigenvalue weighted by Gasteiger charge is 2.38. The fourth-order valence-electron chi connectivity index (χ4n) is 5.82. The first-order valence-electron chi connectivity index (χ1n) is 15.4. The molecule has 0 bridgehead atoms. The molecule has 1 N–H and O–H groups in total. The summed E-state index contributed by atoms with van der Waals surface area (Å²) in [5, 5.41) is 12.9. The maximum absolute atomic E-state index is 14.3. The largest absolute Gasteiger partial charge is 0.444 e. The molecule has 0 saturated carbocycles. The third-order valence-electron chi connectivity index (χ3n) is 7.89. The van der Waals surface area contributed by atoms with E-state index in [4.69, 9.17) is 16.3 Å². The van der Waals surface area contributed by atoms with Crippen molar-refractivity contribution in [3.8, 4) is 5.69 Å². The summed E-state index contributed by atoms with van der Waals surface area (Å²) in [7, 11) is 0. The van der Waals surface area contributed by atoms with E-state index in [1.807, 2.05) is 60.3 Å². The van der Waals surface area contributed by atoms with Crippen molar-refractivity contribution < 1.29 is 19.5 Å². The van der Waals surface area contributed by atoms with E-state index in [0.29, 0.717) is 42.3 Å². The number of piperazine rings is 1. The zero-order valence-electron chi connectivity index (χ0n) is 27.4. The van der Waals surface area contributed by atoms with Crippen LogP contribution in [0.5, 0.6) is 0 Å². The number of hydrogen-bond donors (Lipinski definition) is 1. The van der Waals surface area contributed by atoms with Crippen molar-refractivity contribution in [1.29, 1.82) is 0 Å². The topological polar surface area (TPSA) is 134 Å². The van der Waals surface area contributed by atoms with Crippen molar-refractivity contribution >= 4 is 41.2 Å². The average Bonchev–Trinajstić information content (AvgIpc) is 2.97. The van der Waals surface area contributed by atoms with Gasteiger partial charge in [0.2, 0.25) is 0 Å². The Hall–Kier alpha value is -4.29. The van der Waals surface area contributed by atoms with Crippen molar-refractivity contribution in [3.05, 3.63) is 74.4 Å². The van der Waals surface area contributed by atoms with Crippen molar-refractivity contribution in [3.63, 3.8) is 0 Å². The van der Waals surface area contributed by atoms with E-state index in [9.17, 15) is 19.6 Å². The molecule has 1 aliphatic carbocycles. The van der Waals surface area contributed by atoms with Gasteiger partial charge in [0.15, 0.2) is 11.6 Å². The lowest BCUT2D eigenvalue weighted by Gasteiger charge is -2.42. The number of carbonyl (C=O) groups is 2. The Morgan fingerprint density at radius 1 is 1.04 bits per heavy atom. The molecule has 1 saturated heterocycles. The summed E-state index contributed by atoms with van der Waals surface area (Å²) in [6.45, 7) is 16.2. The van der Waals surface area contributed by atoms with Crippen molar-refractivity contribution in [1.82, 2.24) is 24.4 Å². The number of hydroxylamine groups is 1. The summed E-state index contributed by atoms with van der Waals surface area (Å²) >= 11 is 6.84. The third kappa shape index (κ3) is 6.11. The Morgan fingerprint density at radius 2 is 1.67 bits per heavy atom. The number of hydrogen-bond acceptors (Lipinski definition) is 10. The number of ketones is 1. The molecule has 1 fully saturated rings. The number of aromatic nitrogens is 4. The summed E-state index contributed by atoms with van der Waals surface area (Å²) in [6.07, 6.45) is 8.89. The highest BCUT2D eigenvalue weighted by atomic mass is 35.5. The van der Waals surface area contributed by atoms with Crippen molar-refractivity contribution in [2.24, 2.45) is 0 Å². The monoisotopic (exact) mass is 649 g/mol. The van der Waals surface area contributed by atoms with Crippen LogP contribution in [0.25, 0.3) is 11.8 Å². The van der Waals surface area contributed by atoms with Crippen LogP contribution in [0.4, 0.5) is 16.4 Å². The lowest BCUT2D eigenvalue weighted by atomic mass is 9.99. The van der Waals surface area contributed by atoms with Crippen LogP contribution in [0.15, 0.2) is 51.7 Å². The summed E-state index contributed by atoms with van der Waals surface area (Å²) in [5.41, 5.74) is 0.841. The molecule has 46 heavy (non-hydrogen) atoms. The Bertz CT molecular complexity index is 1740. The van der Waals surface area contributed by atoms with E-state index in [1.54, 1.807) is 29.2 Å². The summed E-state index contributed by atoms with van der Waals surface area (Å²) < 4.78 is 6.90. The first-order chi connectivity index (χ1) is 21.6. The first kappa shape index (κ1) is 33.1. The van der Waals surface area contributed by atoms with Crippen LogP contribution in [0.2, 0.25) is 0 Å². The Labute approximate surface area is 273 Å². The highest BCUT2D eigenvalue weighted by Crippen LogP contribution is 2.43. The lowest BCUT2D eigenvalue weighted by Crippen LogP contribution is -2.55. The molecule has 1 amide bonds. The maximum Gasteiger partial charge on any atom is 0.410 e. The van der Waals surface area contributed by atoms with Gasteiger partial charge < -0.3 is 14.5 Å². The number of halogens is 1. The molecule has 0 radical (unpaired) electrons. The zero-order valence-corrected chi connectivity index (χ0v) is 28.2. The second-order valence-corrected chi connectivity index (χ2v) is 13.6. The van der Waals surface area contributed by atoms with Gasteiger partial charge in [-0.05, 0) is 57.8 Å². The lowest BCUT2D eigenvalue weighted by molar-refractivity contribution is -0.111. The second kappa shape index (κ2) is 12.5. The Morgan fingerprint density at radius 3 is 2.24 bits per heavy atom. The summed E-state index contributed by atoms with van der Waals surface area (Å²) in [6, 6.07) is -0.280. The maximum atomic E-state index is 14.3. The molecule has 2 aliphatic heterocycles. The normalized spacial score (nSPS) is 20.1. The van der Waals surface area contributed by atoms with Gasteiger partial charge in [-0.25, -0.2) is 29.2 Å². The van der Waals surface area contributed by atoms with Gasteiger partial charge in [-0.2, -0.15) is 4.98 Å². The predicted molar refractivity (Wildman–Crippen MR) is 177 cm³/mol. The van der Waals surface area contributed by atoms with Crippen LogP contribution < -0.4 is 15.7 Å². The van der Waals surface area contributed by atoms with Crippen LogP contribution in [0.1, 0.15) is 84.2 Å². The van der Waals surface area contributed by atoms with Crippen LogP contribution >= 0.6 is 11.6 Å². The van der Waals surface area contributed by atoms with Crippen molar-refractivity contribution in [2.75, 3.05) is 29.6 Å². The number of amides is 1. The molecule has 1 atom stereocenters. The van der Waals surface area contributed by atoms with E-state index < -0.39 is 17.4 Å². The number of ether oxygens (including phenoxy) is 1. The predicted octanol–water partition coefficient (Wildman–Crippen LogP) is 5.45. The van der Waals surface area contributed by atoms with Gasteiger partial charge in [0.05, 0.1) is 27.7 Å². The Kier molecular flexibility index (Phi) is 8.98. The summed E-state index contributed by atoms with van der Waals surface area (Å²) in [5.74, 6) is -0.236. The Balaban J connectivity index is 1.75. The number of rotatable bonds is 4. The molecular weight excluding hydrogens is 610 g/mol. The minimum absolute atomic E-state index is 0.0295. The minimum Gasteiger partial charge on any atom is -0.444 e. The zero-order chi connectivity index (χ0) is 33.7. The second-order valence-electron chi connectivity index (χ2n) is 13.2. The van der Waals surface area contributed by atoms with E-state index in [1.165, 1.54) is 17.0 Å². The molecule has 4 heterocycles. The number of nitrogens with zero attached hydrogens (tertiary/aromatic N) is 7. The van der Waals surface area contributed by atoms with E-state index >= 15 is 0 Å². The van der Waals surface area contributed by atoms with Gasteiger partial charge in [-0.1, -0.05) is 51.4 Å². The molecule has 13 heteroatoms. The molecule has 12 nitrogen and oxygen atoms in total. The molecule has 3 aliphatic rings. The van der Waals surface area contributed by atoms with Crippen LogP contribution in [-0.2, 0) is 9.53 Å². The molecule has 0 aromatic carbocycles. The molecule has 244 valence electrons. The molecular formula is C33H40ClN7O5. The van der Waals surface area contributed by atoms with Crippen LogP contribution in [0, 0.1) is 0 Å². The SMILES string of the molecule is CC(C)c1ncnc(C(C)C)c1-n1c2c(c(N3CCN(C(=O)OC(C)(C)C)C[C@@H]3C)nc1=O)C=C(Cl)/C(=C1/C=CC=CC1=O)N2O. The average molecular weight is 650 g/mol. The van der Waals surface area contributed by atoms with Gasteiger partial charge >= 0.3 is 11.8 Å². The smallest absolute Gasteiger partial charge is 0.410 e. The minimum atomic E-state index is -0.672. The molecule has 0 spiro atoms. The highest BCUT2D eigenvalue weighted by molar-refractivity contribution is 6.35. The number of anilines is 2. The van der Waals surface area contributed by atoms with Crippen LogP contribution in [0.3, 0.4) is 0 Å². The van der Waals surface area contributed by atoms with Gasteiger partial charge in [0, 0.05) is 31.2 Å². The standard InChI is InChI=1S/C33H40ClN7O5/c1-18(2)25-28(26(19(3)4)36-17-35-25)40-30-22(15-23(34)27(41(30)45)21-11-9-10-12-24(21)42)29(37-31(40)43)39-14-13-38(16-20(39)5)32(44)46-33(6,7)8/h9-12,15,17-20,45H,13-14,16H2,1-8H3/b27-21+/t20-/m0/s1. The van der Waals surface area contributed by atoms with Gasteiger partial charge in [-0.15, -0.1) is 0 Å². The first-order valence-corrected chi connectivity index (χ1v) is 15.7. The van der Waals surface area contributed by atoms with E-state index in [-0.39, 0.29) is 51.6 Å². The van der Waals surface area contributed by atoms with E-state index in [0.717, 1.165) is 5.06 Å². The van der Waals surface area contributed by atoms with Crippen molar-refractivity contribution in [2.45, 2.75) is 78.9 Å². The van der Waals surface area contributed by atoms with Gasteiger partial charge in [0.25, 0.3) is 0 Å². The number of carbonyl (C=O) groups excluding carboxylic acids is 2. The molecule has 2 aromatic rings. The van der Waals surface area contributed by atoms with Gasteiger partial charge in [-0.3, -0.25) is 10.0 Å². The fraction of sp³-hybridized carbons (Fsp3) is 0.455.